The molecule has 0 aliphatic carbocycles. The van der Waals surface area contributed by atoms with E-state index in [9.17, 15) is 4.79 Å². The SMILES string of the molecule is CCOC(=O)N1CCN=C1Nc1ccc(CCNc2nc3ccccc3s2)cc1. The molecule has 0 spiro atoms. The van der Waals surface area contributed by atoms with E-state index in [0.29, 0.717) is 25.7 Å². The van der Waals surface area contributed by atoms with E-state index < -0.39 is 0 Å². The lowest BCUT2D eigenvalue weighted by Gasteiger charge is -2.18. The van der Waals surface area contributed by atoms with Gasteiger partial charge < -0.3 is 15.4 Å². The minimum absolute atomic E-state index is 0.350. The van der Waals surface area contributed by atoms with Crippen LogP contribution in [-0.4, -0.2) is 48.2 Å². The molecule has 0 bridgehead atoms. The number of aliphatic imine (C=N–C) groups is 1. The molecule has 150 valence electrons. The van der Waals surface area contributed by atoms with Crippen molar-refractivity contribution in [1.29, 1.82) is 0 Å². The highest BCUT2D eigenvalue weighted by molar-refractivity contribution is 7.22. The highest BCUT2D eigenvalue weighted by Gasteiger charge is 2.24. The minimum atomic E-state index is -0.367. The van der Waals surface area contributed by atoms with Crippen LogP contribution in [0.5, 0.6) is 0 Å². The first-order valence-electron chi connectivity index (χ1n) is 9.67. The summed E-state index contributed by atoms with van der Waals surface area (Å²) in [6.07, 6.45) is 0.528. The van der Waals surface area contributed by atoms with Gasteiger partial charge in [-0.05, 0) is 43.2 Å². The minimum Gasteiger partial charge on any atom is -0.449 e. The van der Waals surface area contributed by atoms with Gasteiger partial charge in [0.25, 0.3) is 0 Å². The average molecular weight is 410 g/mol. The number of hydrogen-bond acceptors (Lipinski definition) is 7. The van der Waals surface area contributed by atoms with Crippen LogP contribution in [0.4, 0.5) is 15.6 Å². The van der Waals surface area contributed by atoms with Gasteiger partial charge in [-0.25, -0.2) is 14.7 Å². The fourth-order valence-corrected chi connectivity index (χ4v) is 3.97. The Hall–Kier alpha value is -3.13. The van der Waals surface area contributed by atoms with Crippen molar-refractivity contribution in [2.24, 2.45) is 4.99 Å². The Morgan fingerprint density at radius 3 is 2.83 bits per heavy atom. The van der Waals surface area contributed by atoms with Gasteiger partial charge in [-0.1, -0.05) is 35.6 Å². The van der Waals surface area contributed by atoms with E-state index in [-0.39, 0.29) is 6.09 Å². The molecule has 1 aromatic heterocycles. The number of para-hydroxylation sites is 1. The fourth-order valence-electron chi connectivity index (χ4n) is 3.08. The summed E-state index contributed by atoms with van der Waals surface area (Å²) in [6, 6.07) is 16.3. The van der Waals surface area contributed by atoms with Crippen LogP contribution in [0.2, 0.25) is 0 Å². The number of anilines is 2. The molecule has 7 nitrogen and oxygen atoms in total. The number of hydrogen-bond donors (Lipinski definition) is 2. The quantitative estimate of drug-likeness (QED) is 0.638. The Balaban J connectivity index is 1.29. The van der Waals surface area contributed by atoms with Crippen molar-refractivity contribution in [2.45, 2.75) is 13.3 Å². The van der Waals surface area contributed by atoms with E-state index in [0.717, 1.165) is 29.3 Å². The van der Waals surface area contributed by atoms with Gasteiger partial charge in [0.15, 0.2) is 5.13 Å². The van der Waals surface area contributed by atoms with Gasteiger partial charge >= 0.3 is 6.09 Å². The second-order valence-corrected chi connectivity index (χ2v) is 7.57. The molecular weight excluding hydrogens is 386 g/mol. The average Bonchev–Trinajstić information content (AvgIpc) is 3.36. The van der Waals surface area contributed by atoms with E-state index >= 15 is 0 Å². The number of rotatable bonds is 6. The van der Waals surface area contributed by atoms with Crippen molar-refractivity contribution in [2.75, 3.05) is 36.9 Å². The number of benzene rings is 2. The zero-order chi connectivity index (χ0) is 20.1. The number of nitrogens with zero attached hydrogens (tertiary/aromatic N) is 3. The third-order valence-electron chi connectivity index (χ3n) is 4.52. The first-order valence-corrected chi connectivity index (χ1v) is 10.5. The molecule has 0 saturated carbocycles. The molecule has 0 saturated heterocycles. The van der Waals surface area contributed by atoms with Gasteiger partial charge in [0.2, 0.25) is 5.96 Å². The molecule has 0 unspecified atom stereocenters. The van der Waals surface area contributed by atoms with Gasteiger partial charge in [-0.3, -0.25) is 4.99 Å². The van der Waals surface area contributed by atoms with Crippen molar-refractivity contribution < 1.29 is 9.53 Å². The van der Waals surface area contributed by atoms with Crippen LogP contribution in [-0.2, 0) is 11.2 Å². The smallest absolute Gasteiger partial charge is 0.416 e. The summed E-state index contributed by atoms with van der Waals surface area (Å²) in [5.74, 6) is 0.536. The highest BCUT2D eigenvalue weighted by atomic mass is 32.1. The molecule has 4 rings (SSSR count). The molecule has 2 heterocycles. The molecule has 3 aromatic rings. The molecule has 0 atom stereocenters. The second kappa shape index (κ2) is 8.91. The number of amides is 1. The number of guanidine groups is 1. The highest BCUT2D eigenvalue weighted by Crippen LogP contribution is 2.25. The van der Waals surface area contributed by atoms with Gasteiger partial charge in [0, 0.05) is 12.2 Å². The molecule has 2 N–H and O–H groups in total. The lowest BCUT2D eigenvalue weighted by Crippen LogP contribution is -2.38. The second-order valence-electron chi connectivity index (χ2n) is 6.54. The molecule has 8 heteroatoms. The standard InChI is InChI=1S/C21H23N5O2S/c1-2-28-21(27)26-14-13-22-19(26)24-16-9-7-15(8-10-16)11-12-23-20-25-17-5-3-4-6-18(17)29-20/h3-10H,2,11-14H2,1H3,(H,22,24)(H,23,25). The maximum atomic E-state index is 12.0. The predicted octanol–water partition coefficient (Wildman–Crippen LogP) is 4.19. The third-order valence-corrected chi connectivity index (χ3v) is 5.52. The normalized spacial score (nSPS) is 13.4. The number of nitrogens with one attached hydrogen (secondary N) is 2. The molecule has 29 heavy (non-hydrogen) atoms. The fraction of sp³-hybridized carbons (Fsp3) is 0.286. The number of ether oxygens (including phenoxy) is 1. The third kappa shape index (κ3) is 4.65. The zero-order valence-electron chi connectivity index (χ0n) is 16.2. The van der Waals surface area contributed by atoms with Gasteiger partial charge in [-0.2, -0.15) is 0 Å². The van der Waals surface area contributed by atoms with Gasteiger partial charge in [0.1, 0.15) is 0 Å². The van der Waals surface area contributed by atoms with Crippen LogP contribution in [0, 0.1) is 0 Å². The summed E-state index contributed by atoms with van der Waals surface area (Å²) in [5.41, 5.74) is 3.14. The lowest BCUT2D eigenvalue weighted by atomic mass is 10.1. The number of carbonyl (C=O) groups excluding carboxylic acids is 1. The van der Waals surface area contributed by atoms with Crippen LogP contribution in [0.3, 0.4) is 0 Å². The molecule has 1 amide bonds. The lowest BCUT2D eigenvalue weighted by molar-refractivity contribution is 0.130. The van der Waals surface area contributed by atoms with Crippen LogP contribution in [0.15, 0.2) is 53.5 Å². The number of aromatic nitrogens is 1. The molecule has 1 aliphatic rings. The van der Waals surface area contributed by atoms with E-state index in [4.69, 9.17) is 4.74 Å². The van der Waals surface area contributed by atoms with E-state index in [1.54, 1.807) is 18.3 Å². The predicted molar refractivity (Wildman–Crippen MR) is 118 cm³/mol. The maximum absolute atomic E-state index is 12.0. The van der Waals surface area contributed by atoms with Crippen molar-refractivity contribution in [3.05, 3.63) is 54.1 Å². The summed E-state index contributed by atoms with van der Waals surface area (Å²) >= 11 is 1.67. The Kier molecular flexibility index (Phi) is 5.90. The summed E-state index contributed by atoms with van der Waals surface area (Å²) in [7, 11) is 0. The van der Waals surface area contributed by atoms with Crippen LogP contribution >= 0.6 is 11.3 Å². The van der Waals surface area contributed by atoms with Crippen molar-refractivity contribution in [1.82, 2.24) is 9.88 Å². The molecule has 0 fully saturated rings. The van der Waals surface area contributed by atoms with Crippen LogP contribution < -0.4 is 10.6 Å². The number of thiazole rings is 1. The summed E-state index contributed by atoms with van der Waals surface area (Å²) in [6.45, 7) is 4.08. The van der Waals surface area contributed by atoms with E-state index in [1.807, 2.05) is 30.3 Å². The zero-order valence-corrected chi connectivity index (χ0v) is 17.0. The molecular formula is C21H23N5O2S. The van der Waals surface area contributed by atoms with Gasteiger partial charge in [-0.15, -0.1) is 0 Å². The molecule has 1 aliphatic heterocycles. The summed E-state index contributed by atoms with van der Waals surface area (Å²) in [4.78, 5) is 22.4. The Bertz CT molecular complexity index is 982. The first kappa shape index (κ1) is 19.2. The Morgan fingerprint density at radius 1 is 1.21 bits per heavy atom. The van der Waals surface area contributed by atoms with Crippen molar-refractivity contribution >= 4 is 44.4 Å². The van der Waals surface area contributed by atoms with Crippen LogP contribution in [0.25, 0.3) is 10.2 Å². The topological polar surface area (TPSA) is 78.8 Å². The Labute approximate surface area is 173 Å². The van der Waals surface area contributed by atoms with E-state index in [1.165, 1.54) is 15.2 Å². The summed E-state index contributed by atoms with van der Waals surface area (Å²) < 4.78 is 6.26. The van der Waals surface area contributed by atoms with Crippen molar-refractivity contribution in [3.8, 4) is 0 Å². The maximum Gasteiger partial charge on any atom is 0.416 e. The van der Waals surface area contributed by atoms with E-state index in [2.05, 4.69) is 38.8 Å². The largest absolute Gasteiger partial charge is 0.449 e. The monoisotopic (exact) mass is 409 g/mol. The first-order chi connectivity index (χ1) is 14.2. The van der Waals surface area contributed by atoms with Crippen LogP contribution in [0.1, 0.15) is 12.5 Å². The summed E-state index contributed by atoms with van der Waals surface area (Å²) in [5, 5.41) is 7.55. The number of fused-ring (bicyclic) bond motifs is 1. The number of carbonyl (C=O) groups is 1. The van der Waals surface area contributed by atoms with Gasteiger partial charge in [0.05, 0.1) is 29.9 Å². The molecule has 0 radical (unpaired) electrons. The Morgan fingerprint density at radius 2 is 2.03 bits per heavy atom. The molecule has 2 aromatic carbocycles. The van der Waals surface area contributed by atoms with Crippen molar-refractivity contribution in [3.63, 3.8) is 0 Å².